The van der Waals surface area contributed by atoms with Gasteiger partial charge in [-0.1, -0.05) is 57.4 Å². The quantitative estimate of drug-likeness (QED) is 0.402. The zero-order valence-electron chi connectivity index (χ0n) is 19.6. The summed E-state index contributed by atoms with van der Waals surface area (Å²) in [5.74, 6) is -0.850. The van der Waals surface area contributed by atoms with Crippen LogP contribution in [0.3, 0.4) is 0 Å². The van der Waals surface area contributed by atoms with E-state index in [1.807, 2.05) is 0 Å². The molecule has 0 atom stereocenters. The number of halogens is 4. The number of alkyl halides is 3. The molecule has 1 saturated heterocycles. The standard InChI is InChI=1S/C21H24ClF3N2O2.C4H10/c1-3-17(8-7-14(2)21(23,24)25)26-20(29)18-12-16(22)11-15(19(18)28)13-27-9-5-4-6-10-27;1-3-4-2/h3,7-8,11-12,28H,2,4-6,9-10,13H2,1H3,(H,26,29);3-4H2,1-2H3/b8-7-,17-3+;. The Kier molecular flexibility index (Phi) is 12.3. The van der Waals surface area contributed by atoms with Crippen molar-refractivity contribution in [1.29, 1.82) is 0 Å². The molecule has 1 aromatic rings. The van der Waals surface area contributed by atoms with E-state index in [0.29, 0.717) is 17.1 Å². The Hall–Kier alpha value is -2.25. The second-order valence-corrected chi connectivity index (χ2v) is 8.29. The van der Waals surface area contributed by atoms with Crippen LogP contribution in [0, 0.1) is 0 Å². The van der Waals surface area contributed by atoms with E-state index in [2.05, 4.69) is 30.6 Å². The summed E-state index contributed by atoms with van der Waals surface area (Å²) in [6.45, 7) is 11.2. The van der Waals surface area contributed by atoms with Gasteiger partial charge in [-0.05, 0) is 57.1 Å². The number of rotatable bonds is 7. The van der Waals surface area contributed by atoms with Crippen LogP contribution in [0.1, 0.15) is 68.8 Å². The molecule has 1 amide bonds. The van der Waals surface area contributed by atoms with Gasteiger partial charge in [-0.25, -0.2) is 0 Å². The maximum absolute atomic E-state index is 12.6. The highest BCUT2D eigenvalue weighted by Gasteiger charge is 2.29. The van der Waals surface area contributed by atoms with Crippen LogP contribution < -0.4 is 5.32 Å². The van der Waals surface area contributed by atoms with Crippen LogP contribution >= 0.6 is 11.6 Å². The number of nitrogens with zero attached hydrogens (tertiary/aromatic N) is 1. The Labute approximate surface area is 199 Å². The van der Waals surface area contributed by atoms with Crippen molar-refractivity contribution in [2.45, 2.75) is 65.6 Å². The molecule has 2 rings (SSSR count). The van der Waals surface area contributed by atoms with E-state index in [4.69, 9.17) is 11.6 Å². The molecule has 0 aliphatic carbocycles. The fourth-order valence-corrected chi connectivity index (χ4v) is 3.24. The van der Waals surface area contributed by atoms with Gasteiger partial charge < -0.3 is 10.4 Å². The summed E-state index contributed by atoms with van der Waals surface area (Å²) in [7, 11) is 0. The first-order chi connectivity index (χ1) is 15.5. The van der Waals surface area contributed by atoms with Crippen molar-refractivity contribution in [3.63, 3.8) is 0 Å². The van der Waals surface area contributed by atoms with E-state index in [-0.39, 0.29) is 17.0 Å². The van der Waals surface area contributed by atoms with E-state index in [1.165, 1.54) is 31.4 Å². The first-order valence-electron chi connectivity index (χ1n) is 11.2. The van der Waals surface area contributed by atoms with Gasteiger partial charge in [0.1, 0.15) is 5.75 Å². The third-order valence-corrected chi connectivity index (χ3v) is 5.36. The summed E-state index contributed by atoms with van der Waals surface area (Å²) in [6, 6.07) is 2.95. The van der Waals surface area contributed by atoms with E-state index in [9.17, 15) is 23.1 Å². The summed E-state index contributed by atoms with van der Waals surface area (Å²) in [6.07, 6.45) is 4.73. The highest BCUT2D eigenvalue weighted by atomic mass is 35.5. The molecular weight excluding hydrogens is 453 g/mol. The minimum Gasteiger partial charge on any atom is -0.507 e. The normalized spacial score (nSPS) is 15.2. The maximum atomic E-state index is 12.6. The fourth-order valence-electron chi connectivity index (χ4n) is 3.00. The average molecular weight is 487 g/mol. The lowest BCUT2D eigenvalue weighted by molar-refractivity contribution is -0.0878. The molecule has 1 fully saturated rings. The van der Waals surface area contributed by atoms with Gasteiger partial charge in [0.05, 0.1) is 5.56 Å². The van der Waals surface area contributed by atoms with Crippen LogP contribution in [-0.2, 0) is 6.54 Å². The van der Waals surface area contributed by atoms with E-state index in [1.54, 1.807) is 13.0 Å². The number of benzene rings is 1. The molecule has 33 heavy (non-hydrogen) atoms. The molecule has 0 bridgehead atoms. The molecule has 2 N–H and O–H groups in total. The molecule has 1 aliphatic heterocycles. The van der Waals surface area contributed by atoms with Crippen molar-refractivity contribution in [2.75, 3.05) is 13.1 Å². The predicted octanol–water partition coefficient (Wildman–Crippen LogP) is 7.15. The zero-order valence-corrected chi connectivity index (χ0v) is 20.3. The van der Waals surface area contributed by atoms with Gasteiger partial charge in [0, 0.05) is 28.4 Å². The minimum absolute atomic E-state index is 0.0353. The van der Waals surface area contributed by atoms with Crippen molar-refractivity contribution in [3.05, 3.63) is 64.4 Å². The number of hydrogen-bond acceptors (Lipinski definition) is 3. The summed E-state index contributed by atoms with van der Waals surface area (Å²) in [5, 5.41) is 13.4. The second-order valence-electron chi connectivity index (χ2n) is 7.85. The Morgan fingerprint density at radius 3 is 2.30 bits per heavy atom. The number of unbranched alkanes of at least 4 members (excludes halogenated alkanes) is 1. The molecule has 0 spiro atoms. The molecule has 0 unspecified atom stereocenters. The number of carbonyl (C=O) groups excluding carboxylic acids is 1. The van der Waals surface area contributed by atoms with Crippen LogP contribution in [0.25, 0.3) is 0 Å². The Bertz CT molecular complexity index is 856. The first kappa shape index (κ1) is 28.8. The number of hydrogen-bond donors (Lipinski definition) is 2. The average Bonchev–Trinajstić information content (AvgIpc) is 2.78. The summed E-state index contributed by atoms with van der Waals surface area (Å²) in [4.78, 5) is 14.8. The van der Waals surface area contributed by atoms with Crippen LogP contribution in [0.15, 0.2) is 48.2 Å². The number of aromatic hydroxyl groups is 1. The number of likely N-dealkylation sites (tertiary alicyclic amines) is 1. The number of phenolic OH excluding ortho intramolecular Hbond substituents is 1. The van der Waals surface area contributed by atoms with Crippen LogP contribution in [-0.4, -0.2) is 35.2 Å². The van der Waals surface area contributed by atoms with Crippen LogP contribution in [0.4, 0.5) is 13.2 Å². The third kappa shape index (κ3) is 10.0. The SMILES string of the molecule is C=C(/C=C\C(=C/C)NC(=O)c1cc(Cl)cc(CN2CCCCC2)c1O)C(F)(F)F.CCCC. The van der Waals surface area contributed by atoms with Gasteiger partial charge in [0.25, 0.3) is 5.91 Å². The molecular formula is C25H34ClF3N2O2. The van der Waals surface area contributed by atoms with Crippen molar-refractivity contribution >= 4 is 17.5 Å². The number of piperidine rings is 1. The summed E-state index contributed by atoms with van der Waals surface area (Å²) in [5.41, 5.74) is -0.405. The minimum atomic E-state index is -4.55. The number of nitrogens with one attached hydrogen (secondary N) is 1. The molecule has 1 aliphatic rings. The van der Waals surface area contributed by atoms with Crippen molar-refractivity contribution in [1.82, 2.24) is 10.2 Å². The van der Waals surface area contributed by atoms with Gasteiger partial charge in [0.2, 0.25) is 0 Å². The molecule has 184 valence electrons. The monoisotopic (exact) mass is 486 g/mol. The molecule has 0 saturated carbocycles. The van der Waals surface area contributed by atoms with Crippen molar-refractivity contribution < 1.29 is 23.1 Å². The van der Waals surface area contributed by atoms with Crippen molar-refractivity contribution in [2.24, 2.45) is 0 Å². The number of allylic oxidation sites excluding steroid dienone is 4. The molecule has 0 aromatic heterocycles. The Morgan fingerprint density at radius 1 is 1.18 bits per heavy atom. The number of phenols is 1. The fraction of sp³-hybridized carbons (Fsp3) is 0.480. The molecule has 0 radical (unpaired) electrons. The molecule has 4 nitrogen and oxygen atoms in total. The predicted molar refractivity (Wildman–Crippen MR) is 128 cm³/mol. The molecule has 1 aromatic carbocycles. The van der Waals surface area contributed by atoms with Crippen molar-refractivity contribution in [3.8, 4) is 5.75 Å². The van der Waals surface area contributed by atoms with Gasteiger partial charge in [-0.3, -0.25) is 9.69 Å². The highest BCUT2D eigenvalue weighted by Crippen LogP contribution is 2.29. The van der Waals surface area contributed by atoms with E-state index in [0.717, 1.165) is 38.1 Å². The van der Waals surface area contributed by atoms with Gasteiger partial charge >= 0.3 is 6.18 Å². The third-order valence-electron chi connectivity index (χ3n) is 5.14. The Morgan fingerprint density at radius 2 is 1.79 bits per heavy atom. The van der Waals surface area contributed by atoms with Gasteiger partial charge in [0.15, 0.2) is 0 Å². The topological polar surface area (TPSA) is 52.6 Å². The first-order valence-corrected chi connectivity index (χ1v) is 11.6. The zero-order chi connectivity index (χ0) is 25.0. The van der Waals surface area contributed by atoms with E-state index < -0.39 is 17.7 Å². The highest BCUT2D eigenvalue weighted by molar-refractivity contribution is 6.31. The second kappa shape index (κ2) is 14.1. The van der Waals surface area contributed by atoms with Gasteiger partial charge in [-0.2, -0.15) is 13.2 Å². The van der Waals surface area contributed by atoms with Crippen LogP contribution in [0.5, 0.6) is 5.75 Å². The summed E-state index contributed by atoms with van der Waals surface area (Å²) >= 11 is 6.13. The maximum Gasteiger partial charge on any atom is 0.415 e. The number of carbonyl (C=O) groups is 1. The lowest BCUT2D eigenvalue weighted by Crippen LogP contribution is -2.29. The smallest absolute Gasteiger partial charge is 0.415 e. The van der Waals surface area contributed by atoms with Crippen LogP contribution in [0.2, 0.25) is 5.02 Å². The number of amides is 1. The lowest BCUT2D eigenvalue weighted by atomic mass is 10.1. The lowest BCUT2D eigenvalue weighted by Gasteiger charge is -2.27. The Balaban J connectivity index is 0.00000125. The molecule has 1 heterocycles. The summed E-state index contributed by atoms with van der Waals surface area (Å²) < 4.78 is 37.7. The molecule has 8 heteroatoms. The largest absolute Gasteiger partial charge is 0.507 e. The van der Waals surface area contributed by atoms with Gasteiger partial charge in [-0.15, -0.1) is 0 Å². The van der Waals surface area contributed by atoms with E-state index >= 15 is 0 Å².